The van der Waals surface area contributed by atoms with Crippen LogP contribution >= 0.6 is 0 Å². The van der Waals surface area contributed by atoms with Crippen molar-refractivity contribution in [2.75, 3.05) is 0 Å². The summed E-state index contributed by atoms with van der Waals surface area (Å²) in [6, 6.07) is 3.90. The Morgan fingerprint density at radius 1 is 1.27 bits per heavy atom. The summed E-state index contributed by atoms with van der Waals surface area (Å²) in [6.45, 7) is 1.45. The Kier molecular flexibility index (Phi) is 2.17. The lowest BCUT2D eigenvalue weighted by atomic mass is 10.1. The highest BCUT2D eigenvalue weighted by molar-refractivity contribution is 5.30. The molecule has 0 atom stereocenters. The van der Waals surface area contributed by atoms with Gasteiger partial charge in [0.05, 0.1) is 5.56 Å². The summed E-state index contributed by atoms with van der Waals surface area (Å²) in [7, 11) is 0. The average Bonchev–Trinajstić information content (AvgIpc) is 1.94. The molecule has 0 heterocycles. The molecular formula is C8H6F3. The molecule has 0 saturated heterocycles. The van der Waals surface area contributed by atoms with Crippen LogP contribution in [0.3, 0.4) is 0 Å². The lowest BCUT2D eigenvalue weighted by Gasteiger charge is -2.01. The minimum atomic E-state index is -1.98. The molecule has 1 rings (SSSR count). The van der Waals surface area contributed by atoms with E-state index in [1.54, 1.807) is 0 Å². The number of aryl methyl sites for hydroxylation is 1. The maximum absolute atomic E-state index is 12.8. The molecule has 0 N–H and O–H groups in total. The Hall–Kier alpha value is -0.990. The van der Waals surface area contributed by atoms with E-state index in [0.717, 1.165) is 6.07 Å². The van der Waals surface area contributed by atoms with Crippen molar-refractivity contribution in [3.63, 3.8) is 0 Å². The summed E-state index contributed by atoms with van der Waals surface area (Å²) in [5, 5.41) is 0. The van der Waals surface area contributed by atoms with Gasteiger partial charge in [0.2, 0.25) is 0 Å². The van der Waals surface area contributed by atoms with E-state index in [0.29, 0.717) is 0 Å². The Bertz CT molecular complexity index is 256. The van der Waals surface area contributed by atoms with Gasteiger partial charge in [0.1, 0.15) is 5.82 Å². The average molecular weight is 159 g/mol. The topological polar surface area (TPSA) is 0 Å². The third-order valence-electron chi connectivity index (χ3n) is 1.40. The fraction of sp³-hybridized carbons (Fsp3) is 0.125. The maximum atomic E-state index is 12.8. The summed E-state index contributed by atoms with van der Waals surface area (Å²) in [4.78, 5) is 0. The largest absolute Gasteiger partial charge is 0.342 e. The summed E-state index contributed by atoms with van der Waals surface area (Å²) in [6.07, 6.45) is -1.98. The third kappa shape index (κ3) is 1.53. The number of hydrogen-bond donors (Lipinski definition) is 0. The molecule has 0 unspecified atom stereocenters. The molecule has 0 fully saturated rings. The molecule has 1 aromatic rings. The maximum Gasteiger partial charge on any atom is 0.342 e. The normalized spacial score (nSPS) is 10.6. The van der Waals surface area contributed by atoms with Gasteiger partial charge in [0, 0.05) is 0 Å². The predicted octanol–water partition coefficient (Wildman–Crippen LogP) is 2.91. The van der Waals surface area contributed by atoms with Gasteiger partial charge in [0.25, 0.3) is 0 Å². The van der Waals surface area contributed by atoms with E-state index in [1.807, 2.05) is 0 Å². The highest BCUT2D eigenvalue weighted by atomic mass is 19.3. The zero-order valence-corrected chi connectivity index (χ0v) is 5.87. The van der Waals surface area contributed by atoms with Gasteiger partial charge in [-0.25, -0.2) is 4.39 Å². The Labute approximate surface area is 62.7 Å². The first kappa shape index (κ1) is 8.11. The van der Waals surface area contributed by atoms with Gasteiger partial charge in [-0.15, -0.1) is 0 Å². The molecule has 3 heteroatoms. The quantitative estimate of drug-likeness (QED) is 0.591. The second-order valence-electron chi connectivity index (χ2n) is 2.20. The van der Waals surface area contributed by atoms with Crippen molar-refractivity contribution in [3.8, 4) is 0 Å². The summed E-state index contributed by atoms with van der Waals surface area (Å²) < 4.78 is 36.5. The van der Waals surface area contributed by atoms with Crippen molar-refractivity contribution in [1.82, 2.24) is 0 Å². The van der Waals surface area contributed by atoms with Crippen LogP contribution in [-0.2, 0) is 0 Å². The van der Waals surface area contributed by atoms with E-state index in [2.05, 4.69) is 0 Å². The SMILES string of the molecule is Cc1cccc([C](F)F)c1F. The lowest BCUT2D eigenvalue weighted by Crippen LogP contribution is -1.93. The molecule has 0 nitrogen and oxygen atoms in total. The zero-order chi connectivity index (χ0) is 8.43. The van der Waals surface area contributed by atoms with Crippen molar-refractivity contribution in [2.45, 2.75) is 6.92 Å². The Morgan fingerprint density at radius 3 is 2.36 bits per heavy atom. The highest BCUT2D eigenvalue weighted by Crippen LogP contribution is 2.22. The standard InChI is InChI=1S/C8H6F3/c1-5-3-2-4-6(7(5)9)8(10)11/h2-4H,1H3. The van der Waals surface area contributed by atoms with Crippen molar-refractivity contribution in [2.24, 2.45) is 0 Å². The second kappa shape index (κ2) is 2.95. The molecular weight excluding hydrogens is 153 g/mol. The third-order valence-corrected chi connectivity index (χ3v) is 1.40. The molecule has 59 valence electrons. The van der Waals surface area contributed by atoms with Gasteiger partial charge in [-0.3, -0.25) is 0 Å². The highest BCUT2D eigenvalue weighted by Gasteiger charge is 2.15. The van der Waals surface area contributed by atoms with Gasteiger partial charge in [-0.05, 0) is 18.6 Å². The fourth-order valence-corrected chi connectivity index (χ4v) is 0.793. The van der Waals surface area contributed by atoms with Gasteiger partial charge < -0.3 is 0 Å². The number of rotatable bonds is 1. The minimum absolute atomic E-state index is 0.232. The van der Waals surface area contributed by atoms with Crippen LogP contribution in [-0.4, -0.2) is 0 Å². The van der Waals surface area contributed by atoms with Crippen LogP contribution in [0.5, 0.6) is 0 Å². The monoisotopic (exact) mass is 159 g/mol. The zero-order valence-electron chi connectivity index (χ0n) is 5.87. The first-order valence-corrected chi connectivity index (χ1v) is 3.06. The number of hydrogen-bond acceptors (Lipinski definition) is 0. The number of benzene rings is 1. The van der Waals surface area contributed by atoms with E-state index in [9.17, 15) is 13.2 Å². The van der Waals surface area contributed by atoms with Crippen molar-refractivity contribution in [1.29, 1.82) is 0 Å². The van der Waals surface area contributed by atoms with Gasteiger partial charge in [-0.2, -0.15) is 8.78 Å². The van der Waals surface area contributed by atoms with Crippen LogP contribution in [0.4, 0.5) is 13.2 Å². The van der Waals surface area contributed by atoms with Crippen LogP contribution in [0.25, 0.3) is 0 Å². The molecule has 0 aromatic heterocycles. The van der Waals surface area contributed by atoms with Gasteiger partial charge in [-0.1, -0.05) is 12.1 Å². The van der Waals surface area contributed by atoms with E-state index in [1.165, 1.54) is 19.1 Å². The molecule has 1 radical (unpaired) electrons. The van der Waals surface area contributed by atoms with Crippen LogP contribution < -0.4 is 0 Å². The van der Waals surface area contributed by atoms with E-state index >= 15 is 0 Å². The molecule has 1 aromatic carbocycles. The van der Waals surface area contributed by atoms with E-state index < -0.39 is 17.8 Å². The van der Waals surface area contributed by atoms with Crippen LogP contribution in [0.2, 0.25) is 0 Å². The van der Waals surface area contributed by atoms with E-state index in [-0.39, 0.29) is 5.56 Å². The Balaban J connectivity index is 3.17. The molecule has 0 bridgehead atoms. The Morgan fingerprint density at radius 2 is 1.91 bits per heavy atom. The van der Waals surface area contributed by atoms with Crippen LogP contribution in [0, 0.1) is 19.2 Å². The molecule has 0 spiro atoms. The van der Waals surface area contributed by atoms with Gasteiger partial charge in [0.15, 0.2) is 0 Å². The van der Waals surface area contributed by atoms with Gasteiger partial charge >= 0.3 is 6.43 Å². The van der Waals surface area contributed by atoms with Crippen molar-refractivity contribution < 1.29 is 13.2 Å². The van der Waals surface area contributed by atoms with Crippen molar-refractivity contribution in [3.05, 3.63) is 41.6 Å². The fourth-order valence-electron chi connectivity index (χ4n) is 0.793. The first-order valence-electron chi connectivity index (χ1n) is 3.06. The summed E-state index contributed by atoms with van der Waals surface area (Å²) in [5.41, 5.74) is -0.375. The molecule has 0 aliphatic rings. The first-order chi connectivity index (χ1) is 5.13. The predicted molar refractivity (Wildman–Crippen MR) is 35.7 cm³/mol. The molecule has 11 heavy (non-hydrogen) atoms. The van der Waals surface area contributed by atoms with Crippen molar-refractivity contribution >= 4 is 0 Å². The molecule has 0 aliphatic carbocycles. The van der Waals surface area contributed by atoms with Crippen LogP contribution in [0.1, 0.15) is 11.1 Å². The lowest BCUT2D eigenvalue weighted by molar-refractivity contribution is 0.317. The molecule has 0 aliphatic heterocycles. The summed E-state index contributed by atoms with van der Waals surface area (Å²) in [5.74, 6) is -0.840. The molecule has 0 saturated carbocycles. The van der Waals surface area contributed by atoms with E-state index in [4.69, 9.17) is 0 Å². The second-order valence-corrected chi connectivity index (χ2v) is 2.20. The number of halogens is 3. The summed E-state index contributed by atoms with van der Waals surface area (Å²) >= 11 is 0. The molecule has 0 amide bonds. The smallest absolute Gasteiger partial charge is 0.206 e. The minimum Gasteiger partial charge on any atom is -0.206 e. The van der Waals surface area contributed by atoms with Crippen LogP contribution in [0.15, 0.2) is 18.2 Å².